The Kier molecular flexibility index (Phi) is 3.90. The number of rotatable bonds is 5. The normalized spacial score (nSPS) is 12.8. The van der Waals surface area contributed by atoms with E-state index in [1.807, 2.05) is 0 Å². The predicted octanol–water partition coefficient (Wildman–Crippen LogP) is 1.19. The largest absolute Gasteiger partial charge is 0.368 e. The third-order valence-corrected chi connectivity index (χ3v) is 3.19. The van der Waals surface area contributed by atoms with Gasteiger partial charge in [0.25, 0.3) is 0 Å². The molecular formula is C9H12ClN5OS. The van der Waals surface area contributed by atoms with E-state index in [2.05, 4.69) is 25.3 Å². The number of halogens is 1. The monoisotopic (exact) mass is 273 g/mol. The van der Waals surface area contributed by atoms with Crippen molar-refractivity contribution in [1.29, 1.82) is 0 Å². The lowest BCUT2D eigenvalue weighted by Gasteiger charge is -2.05. The Bertz CT molecular complexity index is 543. The molecule has 2 aromatic rings. The summed E-state index contributed by atoms with van der Waals surface area (Å²) < 4.78 is 10.9. The zero-order valence-electron chi connectivity index (χ0n) is 9.23. The van der Waals surface area contributed by atoms with Gasteiger partial charge in [-0.2, -0.15) is 9.97 Å². The second-order valence-corrected chi connectivity index (χ2v) is 5.39. The molecule has 0 amide bonds. The molecule has 0 aromatic carbocycles. The number of imidazole rings is 1. The van der Waals surface area contributed by atoms with Gasteiger partial charge in [0.05, 0.1) is 6.33 Å². The molecule has 0 saturated heterocycles. The molecule has 0 bridgehead atoms. The second-order valence-electron chi connectivity index (χ2n) is 3.50. The van der Waals surface area contributed by atoms with Gasteiger partial charge in [-0.25, -0.2) is 4.98 Å². The van der Waals surface area contributed by atoms with Gasteiger partial charge in [-0.05, 0) is 18.0 Å². The van der Waals surface area contributed by atoms with Crippen molar-refractivity contribution in [2.45, 2.75) is 6.42 Å². The van der Waals surface area contributed by atoms with E-state index < -0.39 is 10.8 Å². The van der Waals surface area contributed by atoms with Crippen LogP contribution in [0.1, 0.15) is 6.42 Å². The molecule has 0 spiro atoms. The van der Waals surface area contributed by atoms with Crippen LogP contribution in [0.2, 0.25) is 5.28 Å². The molecule has 1 unspecified atom stereocenters. The molecule has 17 heavy (non-hydrogen) atoms. The minimum absolute atomic E-state index is 0.158. The first kappa shape index (κ1) is 12.3. The Hall–Kier alpha value is -1.21. The van der Waals surface area contributed by atoms with Crippen molar-refractivity contribution >= 4 is 39.4 Å². The van der Waals surface area contributed by atoms with Crippen LogP contribution < -0.4 is 5.32 Å². The summed E-state index contributed by atoms with van der Waals surface area (Å²) in [5.74, 6) is 1.29. The maximum atomic E-state index is 10.9. The maximum absolute atomic E-state index is 10.9. The van der Waals surface area contributed by atoms with Crippen LogP contribution in [0, 0.1) is 0 Å². The fraction of sp³-hybridized carbons (Fsp3) is 0.444. The van der Waals surface area contributed by atoms with Gasteiger partial charge < -0.3 is 10.3 Å². The van der Waals surface area contributed by atoms with Gasteiger partial charge in [-0.3, -0.25) is 4.21 Å². The lowest BCUT2D eigenvalue weighted by atomic mass is 10.4. The maximum Gasteiger partial charge on any atom is 0.226 e. The summed E-state index contributed by atoms with van der Waals surface area (Å²) in [7, 11) is -0.766. The highest BCUT2D eigenvalue weighted by atomic mass is 35.5. The molecule has 2 aromatic heterocycles. The molecular weight excluding hydrogens is 262 g/mol. The van der Waals surface area contributed by atoms with Crippen LogP contribution in [-0.2, 0) is 10.8 Å². The van der Waals surface area contributed by atoms with Crippen LogP contribution in [0.25, 0.3) is 11.2 Å². The van der Waals surface area contributed by atoms with Gasteiger partial charge in [0.2, 0.25) is 5.28 Å². The fourth-order valence-corrected chi connectivity index (χ4v) is 2.13. The predicted molar refractivity (Wildman–Crippen MR) is 68.7 cm³/mol. The molecule has 6 nitrogen and oxygen atoms in total. The zero-order chi connectivity index (χ0) is 12.3. The van der Waals surface area contributed by atoms with E-state index >= 15 is 0 Å². The standard InChI is InChI=1S/C9H12ClN5OS/c1-17(16)4-2-3-11-7-6-8(13-5-12-6)15-9(10)14-7/h5H,2-4H2,1H3,(H2,11,12,13,14,15). The highest BCUT2D eigenvalue weighted by molar-refractivity contribution is 7.84. The molecule has 92 valence electrons. The molecule has 0 saturated carbocycles. The van der Waals surface area contributed by atoms with Crippen LogP contribution >= 0.6 is 11.6 Å². The molecule has 0 aliphatic carbocycles. The summed E-state index contributed by atoms with van der Waals surface area (Å²) in [5, 5.41) is 3.29. The van der Waals surface area contributed by atoms with Crippen molar-refractivity contribution in [2.24, 2.45) is 0 Å². The summed E-state index contributed by atoms with van der Waals surface area (Å²) in [4.78, 5) is 15.0. The van der Waals surface area contributed by atoms with Crippen molar-refractivity contribution < 1.29 is 4.21 Å². The number of hydrogen-bond donors (Lipinski definition) is 2. The molecule has 2 heterocycles. The number of hydrogen-bond acceptors (Lipinski definition) is 5. The molecule has 0 aliphatic rings. The number of aromatic amines is 1. The van der Waals surface area contributed by atoms with Crippen LogP contribution in [0.5, 0.6) is 0 Å². The Balaban J connectivity index is 2.07. The Labute approximate surface area is 106 Å². The minimum Gasteiger partial charge on any atom is -0.368 e. The van der Waals surface area contributed by atoms with Gasteiger partial charge in [0, 0.05) is 29.4 Å². The first-order chi connectivity index (χ1) is 8.16. The third-order valence-electron chi connectivity index (χ3n) is 2.16. The van der Waals surface area contributed by atoms with Crippen molar-refractivity contribution in [3.8, 4) is 0 Å². The number of fused-ring (bicyclic) bond motifs is 1. The highest BCUT2D eigenvalue weighted by Crippen LogP contribution is 2.18. The smallest absolute Gasteiger partial charge is 0.226 e. The Morgan fingerprint density at radius 3 is 3.12 bits per heavy atom. The van der Waals surface area contributed by atoms with Crippen LogP contribution in [-0.4, -0.2) is 42.7 Å². The Morgan fingerprint density at radius 1 is 1.53 bits per heavy atom. The van der Waals surface area contributed by atoms with E-state index in [-0.39, 0.29) is 5.28 Å². The lowest BCUT2D eigenvalue weighted by molar-refractivity contribution is 0.685. The van der Waals surface area contributed by atoms with Crippen LogP contribution in [0.3, 0.4) is 0 Å². The van der Waals surface area contributed by atoms with Crippen LogP contribution in [0.4, 0.5) is 5.82 Å². The SMILES string of the molecule is CS(=O)CCCNc1nc(Cl)nc2nc[nH]c12. The summed E-state index contributed by atoms with van der Waals surface area (Å²) in [6.45, 7) is 0.682. The molecule has 2 N–H and O–H groups in total. The Morgan fingerprint density at radius 2 is 2.35 bits per heavy atom. The summed E-state index contributed by atoms with van der Waals surface area (Å²) in [5.41, 5.74) is 1.26. The topological polar surface area (TPSA) is 83.6 Å². The van der Waals surface area contributed by atoms with Gasteiger partial charge in [0.15, 0.2) is 11.5 Å². The molecule has 1 atom stereocenters. The van der Waals surface area contributed by atoms with Gasteiger partial charge in [-0.1, -0.05) is 0 Å². The van der Waals surface area contributed by atoms with E-state index in [1.165, 1.54) is 0 Å². The number of anilines is 1. The number of H-pyrrole nitrogens is 1. The van der Waals surface area contributed by atoms with Gasteiger partial charge in [-0.15, -0.1) is 0 Å². The van der Waals surface area contributed by atoms with Crippen LogP contribution in [0.15, 0.2) is 6.33 Å². The molecule has 8 heteroatoms. The minimum atomic E-state index is -0.766. The number of aromatic nitrogens is 4. The van der Waals surface area contributed by atoms with Gasteiger partial charge in [0.1, 0.15) is 5.52 Å². The number of nitrogens with zero attached hydrogens (tertiary/aromatic N) is 3. The van der Waals surface area contributed by atoms with Crippen molar-refractivity contribution in [3.05, 3.63) is 11.6 Å². The fourth-order valence-electron chi connectivity index (χ4n) is 1.42. The van der Waals surface area contributed by atoms with Crippen molar-refractivity contribution in [3.63, 3.8) is 0 Å². The molecule has 0 radical (unpaired) electrons. The summed E-state index contributed by atoms with van der Waals surface area (Å²) >= 11 is 5.78. The summed E-state index contributed by atoms with van der Waals surface area (Å²) in [6, 6.07) is 0. The third kappa shape index (κ3) is 3.13. The average Bonchev–Trinajstić information content (AvgIpc) is 2.71. The first-order valence-electron chi connectivity index (χ1n) is 5.07. The second kappa shape index (κ2) is 5.42. The van der Waals surface area contributed by atoms with Crippen molar-refractivity contribution in [2.75, 3.05) is 23.9 Å². The van der Waals surface area contributed by atoms with Crippen molar-refractivity contribution in [1.82, 2.24) is 19.9 Å². The first-order valence-corrected chi connectivity index (χ1v) is 7.18. The highest BCUT2D eigenvalue weighted by Gasteiger charge is 2.07. The average molecular weight is 274 g/mol. The number of nitrogens with one attached hydrogen (secondary N) is 2. The van der Waals surface area contributed by atoms with E-state index in [0.29, 0.717) is 23.8 Å². The van der Waals surface area contributed by atoms with Gasteiger partial charge >= 0.3 is 0 Å². The van der Waals surface area contributed by atoms with E-state index in [0.717, 1.165) is 11.9 Å². The van der Waals surface area contributed by atoms with E-state index in [4.69, 9.17) is 11.6 Å². The zero-order valence-corrected chi connectivity index (χ0v) is 10.8. The van der Waals surface area contributed by atoms with E-state index in [9.17, 15) is 4.21 Å². The quantitative estimate of drug-likeness (QED) is 0.631. The summed E-state index contributed by atoms with van der Waals surface area (Å²) in [6.07, 6.45) is 4.04. The van der Waals surface area contributed by atoms with E-state index in [1.54, 1.807) is 12.6 Å². The molecule has 2 rings (SSSR count). The lowest BCUT2D eigenvalue weighted by Crippen LogP contribution is -2.08. The molecule has 0 fully saturated rings. The molecule has 0 aliphatic heterocycles.